The van der Waals surface area contributed by atoms with Crippen molar-refractivity contribution in [1.82, 2.24) is 4.31 Å². The predicted octanol–water partition coefficient (Wildman–Crippen LogP) is 0.788. The number of carbonyl (C=O) groups excluding carboxylic acids is 1. The molecule has 0 bridgehead atoms. The minimum Gasteiger partial charge on any atom is -0.398 e. The van der Waals surface area contributed by atoms with Crippen LogP contribution in [0.15, 0.2) is 23.1 Å². The molecule has 1 atom stereocenters. The first kappa shape index (κ1) is 14.8. The van der Waals surface area contributed by atoms with Crippen molar-refractivity contribution < 1.29 is 13.2 Å². The van der Waals surface area contributed by atoms with Crippen molar-refractivity contribution in [2.24, 2.45) is 11.7 Å². The number of rotatable bonds is 3. The number of piperidine rings is 1. The zero-order valence-electron chi connectivity index (χ0n) is 11.4. The van der Waals surface area contributed by atoms with Gasteiger partial charge >= 0.3 is 0 Å². The normalized spacial score (nSPS) is 20.8. The van der Waals surface area contributed by atoms with Gasteiger partial charge in [-0.15, -0.1) is 0 Å². The number of hydrogen-bond acceptors (Lipinski definition) is 4. The van der Waals surface area contributed by atoms with Crippen LogP contribution in [-0.4, -0.2) is 31.7 Å². The number of anilines is 1. The summed E-state index contributed by atoms with van der Waals surface area (Å²) in [7, 11) is -3.61. The second kappa shape index (κ2) is 5.41. The molecule has 1 unspecified atom stereocenters. The minimum atomic E-state index is -3.61. The molecule has 0 spiro atoms. The zero-order valence-corrected chi connectivity index (χ0v) is 12.2. The number of nitrogens with zero attached hydrogens (tertiary/aromatic N) is 1. The van der Waals surface area contributed by atoms with Gasteiger partial charge in [-0.1, -0.05) is 6.92 Å². The van der Waals surface area contributed by atoms with E-state index < -0.39 is 15.9 Å². The first-order chi connectivity index (χ1) is 9.32. The molecular formula is C13H19N3O3S. The molecule has 1 aromatic rings. The lowest BCUT2D eigenvalue weighted by Gasteiger charge is -2.30. The van der Waals surface area contributed by atoms with E-state index in [4.69, 9.17) is 11.5 Å². The molecule has 110 valence electrons. The van der Waals surface area contributed by atoms with E-state index >= 15 is 0 Å². The summed E-state index contributed by atoms with van der Waals surface area (Å²) in [6.07, 6.45) is 1.88. The van der Waals surface area contributed by atoms with Crippen molar-refractivity contribution in [1.29, 1.82) is 0 Å². The van der Waals surface area contributed by atoms with Crippen LogP contribution in [0.2, 0.25) is 0 Å². The second-order valence-electron chi connectivity index (χ2n) is 5.23. The Labute approximate surface area is 118 Å². The number of hydrogen-bond donors (Lipinski definition) is 2. The Bertz CT molecular complexity index is 628. The fraction of sp³-hybridized carbons (Fsp3) is 0.462. The Morgan fingerprint density at radius 2 is 2.10 bits per heavy atom. The summed E-state index contributed by atoms with van der Waals surface area (Å²) in [6, 6.07) is 4.05. The van der Waals surface area contributed by atoms with Crippen molar-refractivity contribution in [2.75, 3.05) is 18.8 Å². The maximum Gasteiger partial charge on any atom is 0.248 e. The lowest BCUT2D eigenvalue weighted by Crippen LogP contribution is -2.39. The average molecular weight is 297 g/mol. The topological polar surface area (TPSA) is 106 Å². The summed E-state index contributed by atoms with van der Waals surface area (Å²) in [6.45, 7) is 3.03. The van der Waals surface area contributed by atoms with Crippen molar-refractivity contribution >= 4 is 21.6 Å². The Kier molecular flexibility index (Phi) is 4.01. The van der Waals surface area contributed by atoms with E-state index in [1.165, 1.54) is 22.5 Å². The van der Waals surface area contributed by atoms with E-state index in [0.29, 0.717) is 19.0 Å². The molecule has 0 saturated carbocycles. The molecule has 0 aromatic heterocycles. The number of benzene rings is 1. The van der Waals surface area contributed by atoms with E-state index in [1.807, 2.05) is 6.92 Å². The number of sulfonamides is 1. The summed E-state index contributed by atoms with van der Waals surface area (Å²) >= 11 is 0. The van der Waals surface area contributed by atoms with E-state index in [-0.39, 0.29) is 16.1 Å². The molecule has 7 heteroatoms. The average Bonchev–Trinajstić information content (AvgIpc) is 2.38. The van der Waals surface area contributed by atoms with Gasteiger partial charge in [-0.3, -0.25) is 4.79 Å². The highest BCUT2D eigenvalue weighted by Crippen LogP contribution is 2.27. The van der Waals surface area contributed by atoms with Gasteiger partial charge in [0.1, 0.15) is 4.90 Å². The van der Waals surface area contributed by atoms with Crippen LogP contribution in [0.1, 0.15) is 30.1 Å². The van der Waals surface area contributed by atoms with Crippen molar-refractivity contribution in [3.05, 3.63) is 23.8 Å². The molecule has 0 radical (unpaired) electrons. The fourth-order valence-corrected chi connectivity index (χ4v) is 4.14. The van der Waals surface area contributed by atoms with Crippen LogP contribution in [0, 0.1) is 5.92 Å². The molecular weight excluding hydrogens is 278 g/mol. The molecule has 1 aliphatic heterocycles. The molecule has 1 amide bonds. The molecule has 20 heavy (non-hydrogen) atoms. The maximum atomic E-state index is 12.6. The van der Waals surface area contributed by atoms with Gasteiger partial charge in [0, 0.05) is 18.7 Å². The van der Waals surface area contributed by atoms with E-state index in [1.54, 1.807) is 0 Å². The molecule has 1 fully saturated rings. The van der Waals surface area contributed by atoms with Crippen LogP contribution < -0.4 is 11.5 Å². The highest BCUT2D eigenvalue weighted by molar-refractivity contribution is 7.89. The highest BCUT2D eigenvalue weighted by atomic mass is 32.2. The second-order valence-corrected chi connectivity index (χ2v) is 7.13. The first-order valence-corrected chi connectivity index (χ1v) is 7.96. The Balaban J connectivity index is 2.36. The maximum absolute atomic E-state index is 12.6. The van der Waals surface area contributed by atoms with Gasteiger partial charge in [-0.2, -0.15) is 4.31 Å². The van der Waals surface area contributed by atoms with Gasteiger partial charge in [-0.25, -0.2) is 8.42 Å². The Morgan fingerprint density at radius 3 is 2.65 bits per heavy atom. The highest BCUT2D eigenvalue weighted by Gasteiger charge is 2.30. The lowest BCUT2D eigenvalue weighted by atomic mass is 10.0. The summed E-state index contributed by atoms with van der Waals surface area (Å²) in [5.41, 5.74) is 11.2. The molecule has 4 N–H and O–H groups in total. The largest absolute Gasteiger partial charge is 0.398 e. The van der Waals surface area contributed by atoms with Gasteiger partial charge in [0.05, 0.1) is 5.69 Å². The third-order valence-electron chi connectivity index (χ3n) is 3.53. The molecule has 1 heterocycles. The van der Waals surface area contributed by atoms with Gasteiger partial charge in [0.15, 0.2) is 0 Å². The van der Waals surface area contributed by atoms with Gasteiger partial charge in [0.25, 0.3) is 0 Å². The predicted molar refractivity (Wildman–Crippen MR) is 76.5 cm³/mol. The summed E-state index contributed by atoms with van der Waals surface area (Å²) in [4.78, 5) is 11.1. The summed E-state index contributed by atoms with van der Waals surface area (Å²) < 4.78 is 26.6. The SMILES string of the molecule is CC1CCCN(S(=O)(=O)c2ccc(C(N)=O)cc2N)C1. The lowest BCUT2D eigenvalue weighted by molar-refractivity contribution is 0.1000. The molecule has 2 rings (SSSR count). The van der Waals surface area contributed by atoms with Crippen molar-refractivity contribution in [3.63, 3.8) is 0 Å². The Morgan fingerprint density at radius 1 is 1.40 bits per heavy atom. The zero-order chi connectivity index (χ0) is 14.9. The minimum absolute atomic E-state index is 0.0385. The molecule has 1 saturated heterocycles. The van der Waals surface area contributed by atoms with Gasteiger partial charge in [0.2, 0.25) is 15.9 Å². The van der Waals surface area contributed by atoms with Crippen LogP contribution >= 0.6 is 0 Å². The molecule has 0 aliphatic carbocycles. The van der Waals surface area contributed by atoms with E-state index in [0.717, 1.165) is 12.8 Å². The molecule has 1 aliphatic rings. The molecule has 1 aromatic carbocycles. The Hall–Kier alpha value is -1.60. The number of nitrogen functional groups attached to an aromatic ring is 1. The van der Waals surface area contributed by atoms with Gasteiger partial charge < -0.3 is 11.5 Å². The van der Waals surface area contributed by atoms with Crippen LogP contribution in [-0.2, 0) is 10.0 Å². The van der Waals surface area contributed by atoms with Crippen LogP contribution in [0.4, 0.5) is 5.69 Å². The fourth-order valence-electron chi connectivity index (χ4n) is 2.44. The quantitative estimate of drug-likeness (QED) is 0.804. The monoisotopic (exact) mass is 297 g/mol. The van der Waals surface area contributed by atoms with Crippen LogP contribution in [0.5, 0.6) is 0 Å². The third-order valence-corrected chi connectivity index (χ3v) is 5.47. The van der Waals surface area contributed by atoms with Crippen LogP contribution in [0.25, 0.3) is 0 Å². The third kappa shape index (κ3) is 2.78. The number of amides is 1. The molecule has 6 nitrogen and oxygen atoms in total. The van der Waals surface area contributed by atoms with Crippen molar-refractivity contribution in [2.45, 2.75) is 24.7 Å². The van der Waals surface area contributed by atoms with Gasteiger partial charge in [-0.05, 0) is 37.0 Å². The number of carbonyl (C=O) groups is 1. The smallest absolute Gasteiger partial charge is 0.248 e. The first-order valence-electron chi connectivity index (χ1n) is 6.52. The summed E-state index contributed by atoms with van der Waals surface area (Å²) in [5.74, 6) is -0.295. The number of primary amides is 1. The van der Waals surface area contributed by atoms with Crippen molar-refractivity contribution in [3.8, 4) is 0 Å². The summed E-state index contributed by atoms with van der Waals surface area (Å²) in [5, 5.41) is 0. The van der Waals surface area contributed by atoms with E-state index in [9.17, 15) is 13.2 Å². The van der Waals surface area contributed by atoms with E-state index in [2.05, 4.69) is 0 Å². The standard InChI is InChI=1S/C13H19N3O3S/c1-9-3-2-6-16(8-9)20(18,19)12-5-4-10(13(15)17)7-11(12)14/h4-5,7,9H,2-3,6,8,14H2,1H3,(H2,15,17). The number of nitrogens with two attached hydrogens (primary N) is 2. The van der Waals surface area contributed by atoms with Crippen LogP contribution in [0.3, 0.4) is 0 Å².